The van der Waals surface area contributed by atoms with Crippen LogP contribution < -0.4 is 0 Å². The fourth-order valence-corrected chi connectivity index (χ4v) is 1.73. The van der Waals surface area contributed by atoms with Crippen molar-refractivity contribution in [3.63, 3.8) is 0 Å². The highest BCUT2D eigenvalue weighted by Gasteiger charge is 2.13. The predicted octanol–water partition coefficient (Wildman–Crippen LogP) is 2.72. The summed E-state index contributed by atoms with van der Waals surface area (Å²) in [5, 5.41) is 9.25. The van der Waals surface area contributed by atoms with Gasteiger partial charge in [0.15, 0.2) is 0 Å². The molecule has 16 heavy (non-hydrogen) atoms. The van der Waals surface area contributed by atoms with Crippen molar-refractivity contribution in [1.82, 2.24) is 0 Å². The van der Waals surface area contributed by atoms with Crippen LogP contribution in [0.2, 0.25) is 0 Å². The summed E-state index contributed by atoms with van der Waals surface area (Å²) in [6.07, 6.45) is 1.59. The lowest BCUT2D eigenvalue weighted by Gasteiger charge is -2.15. The molecule has 3 heteroatoms. The zero-order valence-electron chi connectivity index (χ0n) is 9.66. The highest BCUT2D eigenvalue weighted by atomic mass is 19.1. The predicted molar refractivity (Wildman–Crippen MR) is 62.0 cm³/mol. The molecule has 0 spiro atoms. The second kappa shape index (κ2) is 7.36. The number of aliphatic hydroxyl groups excluding tert-OH is 1. The molecule has 90 valence electrons. The van der Waals surface area contributed by atoms with E-state index >= 15 is 0 Å². The van der Waals surface area contributed by atoms with Crippen molar-refractivity contribution in [2.75, 3.05) is 19.8 Å². The second-order valence-corrected chi connectivity index (χ2v) is 3.74. The highest BCUT2D eigenvalue weighted by Crippen LogP contribution is 2.23. The largest absolute Gasteiger partial charge is 0.396 e. The molecule has 0 fully saturated rings. The number of hydrogen-bond acceptors (Lipinski definition) is 2. The van der Waals surface area contributed by atoms with Gasteiger partial charge in [0.2, 0.25) is 0 Å². The van der Waals surface area contributed by atoms with Crippen LogP contribution in [-0.4, -0.2) is 24.9 Å². The number of rotatable bonds is 7. The summed E-state index contributed by atoms with van der Waals surface area (Å²) in [4.78, 5) is 0. The Bertz CT molecular complexity index is 302. The third kappa shape index (κ3) is 3.91. The van der Waals surface area contributed by atoms with Crippen LogP contribution in [0, 0.1) is 5.82 Å². The summed E-state index contributed by atoms with van der Waals surface area (Å²) < 4.78 is 18.7. The van der Waals surface area contributed by atoms with Gasteiger partial charge < -0.3 is 9.84 Å². The molecule has 0 radical (unpaired) electrons. The fourth-order valence-electron chi connectivity index (χ4n) is 1.73. The maximum absolute atomic E-state index is 13.5. The van der Waals surface area contributed by atoms with E-state index in [9.17, 15) is 9.50 Å². The van der Waals surface area contributed by atoms with Crippen molar-refractivity contribution >= 4 is 0 Å². The van der Waals surface area contributed by atoms with Crippen LogP contribution in [0.3, 0.4) is 0 Å². The van der Waals surface area contributed by atoms with Crippen molar-refractivity contribution in [2.24, 2.45) is 0 Å². The third-order valence-electron chi connectivity index (χ3n) is 2.61. The van der Waals surface area contributed by atoms with Crippen LogP contribution in [-0.2, 0) is 4.74 Å². The van der Waals surface area contributed by atoms with Crippen LogP contribution in [0.1, 0.15) is 31.2 Å². The Balaban J connectivity index is 2.51. The van der Waals surface area contributed by atoms with Gasteiger partial charge in [-0.1, -0.05) is 18.2 Å². The Labute approximate surface area is 96.1 Å². The van der Waals surface area contributed by atoms with Gasteiger partial charge >= 0.3 is 0 Å². The van der Waals surface area contributed by atoms with Gasteiger partial charge in [0, 0.05) is 19.1 Å². The van der Waals surface area contributed by atoms with Gasteiger partial charge in [-0.25, -0.2) is 4.39 Å². The van der Waals surface area contributed by atoms with Crippen molar-refractivity contribution in [3.8, 4) is 0 Å². The van der Waals surface area contributed by atoms with E-state index in [2.05, 4.69) is 0 Å². The molecular formula is C13H19FO2. The van der Waals surface area contributed by atoms with Crippen LogP contribution >= 0.6 is 0 Å². The molecule has 0 aromatic heterocycles. The highest BCUT2D eigenvalue weighted by molar-refractivity contribution is 5.21. The number of aliphatic hydroxyl groups is 1. The first kappa shape index (κ1) is 13.1. The lowest BCUT2D eigenvalue weighted by molar-refractivity contribution is 0.138. The smallest absolute Gasteiger partial charge is 0.126 e. The Morgan fingerprint density at radius 2 is 2.12 bits per heavy atom. The SMILES string of the molecule is CCOCCCC(CO)c1ccccc1F. The van der Waals surface area contributed by atoms with E-state index in [1.54, 1.807) is 18.2 Å². The molecule has 0 aliphatic rings. The Hall–Kier alpha value is -0.930. The van der Waals surface area contributed by atoms with E-state index in [1.165, 1.54) is 6.07 Å². The Morgan fingerprint density at radius 3 is 2.75 bits per heavy atom. The minimum atomic E-state index is -0.238. The minimum Gasteiger partial charge on any atom is -0.396 e. The lowest BCUT2D eigenvalue weighted by atomic mass is 9.95. The van der Waals surface area contributed by atoms with Gasteiger partial charge in [-0.2, -0.15) is 0 Å². The van der Waals surface area contributed by atoms with Gasteiger partial charge in [0.1, 0.15) is 5.82 Å². The molecule has 0 saturated heterocycles. The zero-order valence-corrected chi connectivity index (χ0v) is 9.66. The maximum Gasteiger partial charge on any atom is 0.126 e. The van der Waals surface area contributed by atoms with Crippen LogP contribution in [0.15, 0.2) is 24.3 Å². The summed E-state index contributed by atoms with van der Waals surface area (Å²) in [7, 11) is 0. The van der Waals surface area contributed by atoms with E-state index < -0.39 is 0 Å². The second-order valence-electron chi connectivity index (χ2n) is 3.74. The normalized spacial score (nSPS) is 12.7. The van der Waals surface area contributed by atoms with Crippen LogP contribution in [0.4, 0.5) is 4.39 Å². The summed E-state index contributed by atoms with van der Waals surface area (Å²) in [6.45, 7) is 3.29. The van der Waals surface area contributed by atoms with Gasteiger partial charge in [0.05, 0.1) is 6.61 Å². The van der Waals surface area contributed by atoms with Gasteiger partial charge in [-0.15, -0.1) is 0 Å². The van der Waals surface area contributed by atoms with Crippen LogP contribution in [0.5, 0.6) is 0 Å². The van der Waals surface area contributed by atoms with E-state index in [4.69, 9.17) is 4.74 Å². The molecule has 1 aromatic carbocycles. The molecule has 1 unspecified atom stereocenters. The summed E-state index contributed by atoms with van der Waals surface area (Å²) in [5.74, 6) is -0.361. The molecule has 0 heterocycles. The molecule has 1 atom stereocenters. The molecule has 0 amide bonds. The van der Waals surface area contributed by atoms with Crippen molar-refractivity contribution in [1.29, 1.82) is 0 Å². The quantitative estimate of drug-likeness (QED) is 0.724. The lowest BCUT2D eigenvalue weighted by Crippen LogP contribution is -2.08. The summed E-state index contributed by atoms with van der Waals surface area (Å²) in [5.41, 5.74) is 0.599. The molecule has 0 aliphatic heterocycles. The standard InChI is InChI=1S/C13H19FO2/c1-2-16-9-5-6-11(10-15)12-7-3-4-8-13(12)14/h3-4,7-8,11,15H,2,5-6,9-10H2,1H3. The number of benzene rings is 1. The zero-order chi connectivity index (χ0) is 11.8. The molecule has 1 rings (SSSR count). The molecular weight excluding hydrogens is 207 g/mol. The maximum atomic E-state index is 13.5. The molecule has 2 nitrogen and oxygen atoms in total. The monoisotopic (exact) mass is 226 g/mol. The van der Waals surface area contributed by atoms with Crippen molar-refractivity contribution in [2.45, 2.75) is 25.7 Å². The number of ether oxygens (including phenoxy) is 1. The van der Waals surface area contributed by atoms with Crippen molar-refractivity contribution < 1.29 is 14.2 Å². The fraction of sp³-hybridized carbons (Fsp3) is 0.538. The topological polar surface area (TPSA) is 29.5 Å². The van der Waals surface area contributed by atoms with E-state index in [0.29, 0.717) is 18.8 Å². The Morgan fingerprint density at radius 1 is 1.38 bits per heavy atom. The summed E-state index contributed by atoms with van der Waals surface area (Å²) in [6, 6.07) is 6.62. The minimum absolute atomic E-state index is 0.0208. The summed E-state index contributed by atoms with van der Waals surface area (Å²) >= 11 is 0. The van der Waals surface area contributed by atoms with E-state index in [-0.39, 0.29) is 18.3 Å². The average Bonchev–Trinajstić information content (AvgIpc) is 2.31. The molecule has 0 aliphatic carbocycles. The molecule has 0 bridgehead atoms. The number of hydrogen-bond donors (Lipinski definition) is 1. The van der Waals surface area contributed by atoms with Gasteiger partial charge in [-0.05, 0) is 31.4 Å². The first-order chi connectivity index (χ1) is 7.79. The third-order valence-corrected chi connectivity index (χ3v) is 2.61. The first-order valence-electron chi connectivity index (χ1n) is 5.72. The first-order valence-corrected chi connectivity index (χ1v) is 5.72. The molecule has 0 saturated carbocycles. The van der Waals surface area contributed by atoms with Crippen molar-refractivity contribution in [3.05, 3.63) is 35.6 Å². The van der Waals surface area contributed by atoms with E-state index in [0.717, 1.165) is 12.8 Å². The van der Waals surface area contributed by atoms with Gasteiger partial charge in [-0.3, -0.25) is 0 Å². The molecule has 1 aromatic rings. The number of halogens is 1. The molecule has 1 N–H and O–H groups in total. The Kier molecular flexibility index (Phi) is 6.04. The van der Waals surface area contributed by atoms with Gasteiger partial charge in [0.25, 0.3) is 0 Å². The average molecular weight is 226 g/mol. The van der Waals surface area contributed by atoms with Crippen LogP contribution in [0.25, 0.3) is 0 Å². The van der Waals surface area contributed by atoms with E-state index in [1.807, 2.05) is 6.92 Å².